The second-order valence-corrected chi connectivity index (χ2v) is 5.56. The van der Waals surface area contributed by atoms with Crippen LogP contribution in [-0.2, 0) is 4.79 Å². The Bertz CT molecular complexity index is 396. The molecule has 16 heavy (non-hydrogen) atoms. The highest BCUT2D eigenvalue weighted by Crippen LogP contribution is 2.25. The SMILES string of the molecule is CC(C)[C@@H](Br)C(=O)Nc1ccc(Cl)c(Cl)c1. The van der Waals surface area contributed by atoms with Gasteiger partial charge in [-0.1, -0.05) is 53.0 Å². The highest BCUT2D eigenvalue weighted by molar-refractivity contribution is 9.10. The maximum Gasteiger partial charge on any atom is 0.238 e. The molecule has 1 N–H and O–H groups in total. The summed E-state index contributed by atoms with van der Waals surface area (Å²) in [5.41, 5.74) is 0.643. The molecule has 0 heterocycles. The van der Waals surface area contributed by atoms with Crippen LogP contribution in [0, 0.1) is 5.92 Å². The number of anilines is 1. The van der Waals surface area contributed by atoms with E-state index in [-0.39, 0.29) is 16.7 Å². The maximum atomic E-state index is 11.7. The van der Waals surface area contributed by atoms with Gasteiger partial charge < -0.3 is 5.32 Å². The van der Waals surface area contributed by atoms with Gasteiger partial charge >= 0.3 is 0 Å². The first-order valence-electron chi connectivity index (χ1n) is 4.82. The molecular formula is C11H12BrCl2NO. The quantitative estimate of drug-likeness (QED) is 0.823. The van der Waals surface area contributed by atoms with Gasteiger partial charge in [-0.05, 0) is 24.1 Å². The zero-order valence-corrected chi connectivity index (χ0v) is 12.0. The molecule has 2 nitrogen and oxygen atoms in total. The predicted molar refractivity (Wildman–Crippen MR) is 72.6 cm³/mol. The fourth-order valence-electron chi connectivity index (χ4n) is 1.09. The molecule has 1 aromatic carbocycles. The summed E-state index contributed by atoms with van der Waals surface area (Å²) in [7, 11) is 0. The van der Waals surface area contributed by atoms with E-state index in [1.54, 1.807) is 18.2 Å². The van der Waals surface area contributed by atoms with Crippen LogP contribution >= 0.6 is 39.1 Å². The van der Waals surface area contributed by atoms with E-state index >= 15 is 0 Å². The van der Waals surface area contributed by atoms with Crippen LogP contribution in [0.15, 0.2) is 18.2 Å². The lowest BCUT2D eigenvalue weighted by Crippen LogP contribution is -2.26. The van der Waals surface area contributed by atoms with E-state index in [4.69, 9.17) is 23.2 Å². The molecule has 1 amide bonds. The first-order valence-corrected chi connectivity index (χ1v) is 6.49. The highest BCUT2D eigenvalue weighted by Gasteiger charge is 2.18. The highest BCUT2D eigenvalue weighted by atomic mass is 79.9. The van der Waals surface area contributed by atoms with E-state index in [0.29, 0.717) is 15.7 Å². The number of carbonyl (C=O) groups excluding carboxylic acids is 1. The van der Waals surface area contributed by atoms with E-state index in [0.717, 1.165) is 0 Å². The molecule has 88 valence electrons. The number of benzene rings is 1. The standard InChI is InChI=1S/C11H12BrCl2NO/c1-6(2)10(12)11(16)15-7-3-4-8(13)9(14)5-7/h3-6,10H,1-2H3,(H,15,16)/t10-/m1/s1. The van der Waals surface area contributed by atoms with Crippen molar-refractivity contribution < 1.29 is 4.79 Å². The second kappa shape index (κ2) is 5.89. The number of rotatable bonds is 3. The Kier molecular flexibility index (Phi) is 5.09. The molecule has 0 aliphatic heterocycles. The third kappa shape index (κ3) is 3.65. The molecule has 0 unspecified atom stereocenters. The average molecular weight is 325 g/mol. The number of alkyl halides is 1. The summed E-state index contributed by atoms with van der Waals surface area (Å²) < 4.78 is 0. The summed E-state index contributed by atoms with van der Waals surface area (Å²) in [5, 5.41) is 3.66. The second-order valence-electron chi connectivity index (χ2n) is 3.76. The Balaban J connectivity index is 2.74. The summed E-state index contributed by atoms with van der Waals surface area (Å²) in [6, 6.07) is 4.99. The molecule has 0 radical (unpaired) electrons. The van der Waals surface area contributed by atoms with Crippen molar-refractivity contribution in [3.05, 3.63) is 28.2 Å². The van der Waals surface area contributed by atoms with Crippen LogP contribution in [0.3, 0.4) is 0 Å². The van der Waals surface area contributed by atoms with E-state index in [1.165, 1.54) is 0 Å². The van der Waals surface area contributed by atoms with Crippen molar-refractivity contribution >= 4 is 50.7 Å². The third-order valence-corrected chi connectivity index (χ3v) is 4.24. The number of hydrogen-bond donors (Lipinski definition) is 1. The van der Waals surface area contributed by atoms with Crippen molar-refractivity contribution in [1.82, 2.24) is 0 Å². The number of nitrogens with one attached hydrogen (secondary N) is 1. The average Bonchev–Trinajstić information content (AvgIpc) is 2.22. The fraction of sp³-hybridized carbons (Fsp3) is 0.364. The van der Waals surface area contributed by atoms with Gasteiger partial charge in [0, 0.05) is 5.69 Å². The van der Waals surface area contributed by atoms with Crippen LogP contribution in [0.4, 0.5) is 5.69 Å². The van der Waals surface area contributed by atoms with Crippen LogP contribution < -0.4 is 5.32 Å². The number of amides is 1. The minimum atomic E-state index is -0.220. The molecule has 0 aliphatic rings. The van der Waals surface area contributed by atoms with Gasteiger partial charge in [0.2, 0.25) is 5.91 Å². The van der Waals surface area contributed by atoms with Gasteiger partial charge in [-0.3, -0.25) is 4.79 Å². The molecule has 0 saturated heterocycles. The molecule has 0 saturated carbocycles. The Morgan fingerprint density at radius 1 is 1.31 bits per heavy atom. The van der Waals surface area contributed by atoms with E-state index in [2.05, 4.69) is 21.2 Å². The molecule has 0 aliphatic carbocycles. The van der Waals surface area contributed by atoms with Gasteiger partial charge in [0.1, 0.15) is 0 Å². The number of carbonyl (C=O) groups is 1. The van der Waals surface area contributed by atoms with E-state index in [1.807, 2.05) is 13.8 Å². The molecular weight excluding hydrogens is 313 g/mol. The van der Waals surface area contributed by atoms with Crippen molar-refractivity contribution in [3.8, 4) is 0 Å². The third-order valence-electron chi connectivity index (χ3n) is 2.02. The topological polar surface area (TPSA) is 29.1 Å². The lowest BCUT2D eigenvalue weighted by molar-refractivity contribution is -0.116. The summed E-state index contributed by atoms with van der Waals surface area (Å²) in [6.45, 7) is 3.93. The Hall–Kier alpha value is -0.250. The van der Waals surface area contributed by atoms with Crippen LogP contribution in [0.2, 0.25) is 10.0 Å². The van der Waals surface area contributed by atoms with Gasteiger partial charge in [0.15, 0.2) is 0 Å². The Labute approximate surface area is 113 Å². The summed E-state index contributed by atoms with van der Waals surface area (Å²) in [4.78, 5) is 11.5. The van der Waals surface area contributed by atoms with E-state index in [9.17, 15) is 4.79 Å². The molecule has 0 spiro atoms. The van der Waals surface area contributed by atoms with E-state index < -0.39 is 0 Å². The summed E-state index contributed by atoms with van der Waals surface area (Å²) >= 11 is 14.9. The molecule has 0 aromatic heterocycles. The molecule has 1 rings (SSSR count). The zero-order chi connectivity index (χ0) is 12.3. The molecule has 0 fully saturated rings. The van der Waals surface area contributed by atoms with Crippen molar-refractivity contribution in [1.29, 1.82) is 0 Å². The van der Waals surface area contributed by atoms with Crippen LogP contribution in [0.25, 0.3) is 0 Å². The normalized spacial score (nSPS) is 12.6. The van der Waals surface area contributed by atoms with Crippen molar-refractivity contribution in [2.45, 2.75) is 18.7 Å². The monoisotopic (exact) mass is 323 g/mol. The van der Waals surface area contributed by atoms with Gasteiger partial charge in [-0.25, -0.2) is 0 Å². The van der Waals surface area contributed by atoms with Crippen molar-refractivity contribution in [2.75, 3.05) is 5.32 Å². The Morgan fingerprint density at radius 2 is 1.94 bits per heavy atom. The minimum absolute atomic E-state index is 0.0895. The first-order chi connectivity index (χ1) is 7.41. The summed E-state index contributed by atoms with van der Waals surface area (Å²) in [6.07, 6.45) is 0. The van der Waals surface area contributed by atoms with Crippen LogP contribution in [-0.4, -0.2) is 10.7 Å². The first kappa shape index (κ1) is 13.8. The zero-order valence-electron chi connectivity index (χ0n) is 8.93. The predicted octanol–water partition coefficient (Wildman–Crippen LogP) is 4.35. The lowest BCUT2D eigenvalue weighted by atomic mass is 10.1. The number of hydrogen-bond acceptors (Lipinski definition) is 1. The molecule has 0 bridgehead atoms. The molecule has 1 atom stereocenters. The largest absolute Gasteiger partial charge is 0.325 e. The van der Waals surface area contributed by atoms with Gasteiger partial charge in [0.25, 0.3) is 0 Å². The lowest BCUT2D eigenvalue weighted by Gasteiger charge is -2.14. The van der Waals surface area contributed by atoms with Crippen molar-refractivity contribution in [2.24, 2.45) is 5.92 Å². The molecule has 1 aromatic rings. The Morgan fingerprint density at radius 3 is 2.44 bits per heavy atom. The maximum absolute atomic E-state index is 11.7. The fourth-order valence-corrected chi connectivity index (χ4v) is 1.50. The van der Waals surface area contributed by atoms with Gasteiger partial charge in [0.05, 0.1) is 14.9 Å². The smallest absolute Gasteiger partial charge is 0.238 e. The summed E-state index contributed by atoms with van der Waals surface area (Å²) in [5.74, 6) is 0.135. The molecule has 5 heteroatoms. The van der Waals surface area contributed by atoms with Crippen molar-refractivity contribution in [3.63, 3.8) is 0 Å². The van der Waals surface area contributed by atoms with Gasteiger partial charge in [-0.15, -0.1) is 0 Å². The van der Waals surface area contributed by atoms with Crippen LogP contribution in [0.1, 0.15) is 13.8 Å². The van der Waals surface area contributed by atoms with Gasteiger partial charge in [-0.2, -0.15) is 0 Å². The minimum Gasteiger partial charge on any atom is -0.325 e. The van der Waals surface area contributed by atoms with Crippen LogP contribution in [0.5, 0.6) is 0 Å². The number of halogens is 3.